The smallest absolute Gasteiger partial charge is 0.00131 e. The Kier molecular flexibility index (Phi) is 3.20. The minimum atomic E-state index is 0.420. The molecule has 1 aliphatic rings. The van der Waals surface area contributed by atoms with Crippen molar-refractivity contribution in [3.8, 4) is 0 Å². The van der Waals surface area contributed by atoms with E-state index in [9.17, 15) is 0 Å². The molecule has 0 bridgehead atoms. The Morgan fingerprint density at radius 2 is 1.90 bits per heavy atom. The molecule has 1 saturated carbocycles. The first-order valence-corrected chi connectivity index (χ1v) is 4.54. The average Bonchev–Trinajstić information content (AvgIpc) is 1.88. The van der Waals surface area contributed by atoms with Gasteiger partial charge in [-0.2, -0.15) is 0 Å². The van der Waals surface area contributed by atoms with Crippen LogP contribution in [0.25, 0.3) is 0 Å². The maximum atomic E-state index is 5.72. The zero-order valence-corrected chi connectivity index (χ0v) is 6.97. The van der Waals surface area contributed by atoms with Crippen LogP contribution < -0.4 is 5.73 Å². The fourth-order valence-electron chi connectivity index (χ4n) is 1.95. The minimum absolute atomic E-state index is 0.420. The van der Waals surface area contributed by atoms with Gasteiger partial charge in [0.05, 0.1) is 0 Å². The van der Waals surface area contributed by atoms with E-state index >= 15 is 0 Å². The summed E-state index contributed by atoms with van der Waals surface area (Å²) in [7, 11) is 0. The van der Waals surface area contributed by atoms with Crippen molar-refractivity contribution >= 4 is 0 Å². The normalized spacial score (nSPS) is 24.6. The molecule has 0 unspecified atom stereocenters. The number of hydrogen-bond acceptors (Lipinski definition) is 1. The molecule has 0 saturated heterocycles. The summed E-state index contributed by atoms with van der Waals surface area (Å²) in [5.74, 6) is 0.953. The van der Waals surface area contributed by atoms with Gasteiger partial charge in [-0.15, -0.1) is 0 Å². The second kappa shape index (κ2) is 3.97. The van der Waals surface area contributed by atoms with Gasteiger partial charge in [-0.05, 0) is 19.3 Å². The lowest BCUT2D eigenvalue weighted by atomic mass is 9.85. The first-order chi connectivity index (χ1) is 4.79. The molecule has 0 radical (unpaired) electrons. The van der Waals surface area contributed by atoms with Crippen LogP contribution in [0.5, 0.6) is 0 Å². The van der Waals surface area contributed by atoms with Crippen molar-refractivity contribution in [2.45, 2.75) is 51.5 Å². The summed E-state index contributed by atoms with van der Waals surface area (Å²) >= 11 is 0. The van der Waals surface area contributed by atoms with Crippen molar-refractivity contribution in [2.75, 3.05) is 0 Å². The molecule has 1 rings (SSSR count). The molecule has 0 aliphatic heterocycles. The molecule has 1 heteroatoms. The molecular formula is C9H19N. The van der Waals surface area contributed by atoms with Crippen molar-refractivity contribution in [1.29, 1.82) is 0 Å². The number of nitrogens with two attached hydrogens (primary N) is 1. The lowest BCUT2D eigenvalue weighted by Gasteiger charge is -2.22. The van der Waals surface area contributed by atoms with Crippen LogP contribution in [0, 0.1) is 5.92 Å². The maximum absolute atomic E-state index is 5.72. The van der Waals surface area contributed by atoms with Gasteiger partial charge in [-0.3, -0.25) is 0 Å². The minimum Gasteiger partial charge on any atom is -0.328 e. The van der Waals surface area contributed by atoms with Crippen LogP contribution >= 0.6 is 0 Å². The molecule has 1 fully saturated rings. The summed E-state index contributed by atoms with van der Waals surface area (Å²) < 4.78 is 0. The van der Waals surface area contributed by atoms with Gasteiger partial charge in [-0.25, -0.2) is 0 Å². The van der Waals surface area contributed by atoms with E-state index in [0.717, 1.165) is 5.92 Å². The third-order valence-electron chi connectivity index (χ3n) is 2.43. The van der Waals surface area contributed by atoms with Crippen LogP contribution in [0.1, 0.15) is 45.4 Å². The Morgan fingerprint density at radius 3 is 2.40 bits per heavy atom. The zero-order valence-electron chi connectivity index (χ0n) is 6.97. The lowest BCUT2D eigenvalue weighted by molar-refractivity contribution is 0.323. The van der Waals surface area contributed by atoms with E-state index in [1.165, 1.54) is 38.5 Å². The first-order valence-electron chi connectivity index (χ1n) is 4.54. The highest BCUT2D eigenvalue weighted by atomic mass is 14.6. The Morgan fingerprint density at radius 1 is 1.30 bits per heavy atom. The molecule has 1 aliphatic carbocycles. The first kappa shape index (κ1) is 8.06. The Balaban J connectivity index is 2.13. The van der Waals surface area contributed by atoms with Gasteiger partial charge >= 0.3 is 0 Å². The van der Waals surface area contributed by atoms with Crippen molar-refractivity contribution < 1.29 is 0 Å². The Bertz CT molecular complexity index is 82.7. The summed E-state index contributed by atoms with van der Waals surface area (Å²) in [6.45, 7) is 2.12. The molecule has 1 atom stereocenters. The van der Waals surface area contributed by atoms with E-state index in [4.69, 9.17) is 5.73 Å². The van der Waals surface area contributed by atoms with Gasteiger partial charge in [0.25, 0.3) is 0 Å². The molecule has 0 amide bonds. The fraction of sp³-hybridized carbons (Fsp3) is 1.00. The number of hydrogen-bond donors (Lipinski definition) is 1. The monoisotopic (exact) mass is 141 g/mol. The quantitative estimate of drug-likeness (QED) is 0.627. The summed E-state index contributed by atoms with van der Waals surface area (Å²) in [5.41, 5.74) is 5.72. The second-order valence-electron chi connectivity index (χ2n) is 3.72. The van der Waals surface area contributed by atoms with Crippen molar-refractivity contribution in [3.63, 3.8) is 0 Å². The van der Waals surface area contributed by atoms with Crippen molar-refractivity contribution in [1.82, 2.24) is 0 Å². The molecule has 0 heterocycles. The van der Waals surface area contributed by atoms with Crippen LogP contribution in [0.15, 0.2) is 0 Å². The molecule has 10 heavy (non-hydrogen) atoms. The van der Waals surface area contributed by atoms with Crippen molar-refractivity contribution in [3.05, 3.63) is 0 Å². The van der Waals surface area contributed by atoms with Gasteiger partial charge in [0.1, 0.15) is 0 Å². The standard InChI is InChI=1S/C9H19N/c1-8(10)7-9-5-3-2-4-6-9/h8-9H,2-7,10H2,1H3/t8-/m0/s1. The Hall–Kier alpha value is -0.0400. The topological polar surface area (TPSA) is 26.0 Å². The summed E-state index contributed by atoms with van der Waals surface area (Å²) in [6, 6.07) is 0.420. The van der Waals surface area contributed by atoms with Gasteiger partial charge in [0.2, 0.25) is 0 Å². The predicted octanol–water partition coefficient (Wildman–Crippen LogP) is 2.30. The van der Waals surface area contributed by atoms with Crippen LogP contribution in [-0.2, 0) is 0 Å². The SMILES string of the molecule is C[C@H](N)CC1CCCCC1. The van der Waals surface area contributed by atoms with Gasteiger partial charge in [0, 0.05) is 6.04 Å². The van der Waals surface area contributed by atoms with E-state index in [0.29, 0.717) is 6.04 Å². The highest BCUT2D eigenvalue weighted by Gasteiger charge is 2.13. The maximum Gasteiger partial charge on any atom is 0.00131 e. The second-order valence-corrected chi connectivity index (χ2v) is 3.72. The molecule has 0 aromatic rings. The molecule has 0 spiro atoms. The zero-order chi connectivity index (χ0) is 7.40. The van der Waals surface area contributed by atoms with Gasteiger partial charge in [-0.1, -0.05) is 32.1 Å². The highest BCUT2D eigenvalue weighted by molar-refractivity contribution is 4.69. The van der Waals surface area contributed by atoms with E-state index in [-0.39, 0.29) is 0 Å². The average molecular weight is 141 g/mol. The van der Waals surface area contributed by atoms with E-state index in [1.54, 1.807) is 0 Å². The van der Waals surface area contributed by atoms with E-state index in [1.807, 2.05) is 0 Å². The third-order valence-corrected chi connectivity index (χ3v) is 2.43. The molecule has 2 N–H and O–H groups in total. The Labute approximate surface area is 64.0 Å². The summed E-state index contributed by atoms with van der Waals surface area (Å²) in [5, 5.41) is 0. The summed E-state index contributed by atoms with van der Waals surface area (Å²) in [6.07, 6.45) is 8.45. The molecule has 0 aromatic heterocycles. The fourth-order valence-corrected chi connectivity index (χ4v) is 1.95. The van der Waals surface area contributed by atoms with Crippen molar-refractivity contribution in [2.24, 2.45) is 11.7 Å². The van der Waals surface area contributed by atoms with Crippen LogP contribution in [0.3, 0.4) is 0 Å². The molecular weight excluding hydrogens is 122 g/mol. The van der Waals surface area contributed by atoms with Crippen LogP contribution in [0.4, 0.5) is 0 Å². The molecule has 0 aromatic carbocycles. The van der Waals surface area contributed by atoms with E-state index < -0.39 is 0 Å². The van der Waals surface area contributed by atoms with Crippen LogP contribution in [-0.4, -0.2) is 6.04 Å². The van der Waals surface area contributed by atoms with Gasteiger partial charge < -0.3 is 5.73 Å². The summed E-state index contributed by atoms with van der Waals surface area (Å²) in [4.78, 5) is 0. The lowest BCUT2D eigenvalue weighted by Crippen LogP contribution is -2.20. The third kappa shape index (κ3) is 2.70. The van der Waals surface area contributed by atoms with Gasteiger partial charge in [0.15, 0.2) is 0 Å². The van der Waals surface area contributed by atoms with Crippen LogP contribution in [0.2, 0.25) is 0 Å². The largest absolute Gasteiger partial charge is 0.328 e. The van der Waals surface area contributed by atoms with E-state index in [2.05, 4.69) is 6.92 Å². The predicted molar refractivity (Wildman–Crippen MR) is 44.8 cm³/mol. The highest BCUT2D eigenvalue weighted by Crippen LogP contribution is 2.26. The number of rotatable bonds is 2. The molecule has 60 valence electrons. The molecule has 1 nitrogen and oxygen atoms in total.